The van der Waals surface area contributed by atoms with Gasteiger partial charge in [-0.3, -0.25) is 4.90 Å². The molecular weight excluding hydrogens is 372 g/mol. The van der Waals surface area contributed by atoms with Gasteiger partial charge in [0, 0.05) is 35.0 Å². The fourth-order valence-corrected chi connectivity index (χ4v) is 4.34. The second-order valence-corrected chi connectivity index (χ2v) is 8.35. The van der Waals surface area contributed by atoms with E-state index in [4.69, 9.17) is 0 Å². The number of nitrogens with zero attached hydrogens (tertiary/aromatic N) is 2. The molecule has 0 unspecified atom stereocenters. The van der Waals surface area contributed by atoms with Gasteiger partial charge in [-0.1, -0.05) is 31.5 Å². The highest BCUT2D eigenvalue weighted by molar-refractivity contribution is 6.03. The quantitative estimate of drug-likeness (QED) is 0.544. The summed E-state index contributed by atoms with van der Waals surface area (Å²) in [6.07, 6.45) is 6.53. The molecule has 0 radical (unpaired) electrons. The number of likely N-dealkylation sites (tertiary alicyclic amines) is 1. The molecule has 0 saturated carbocycles. The van der Waals surface area contributed by atoms with Crippen LogP contribution in [0.15, 0.2) is 54.7 Å². The van der Waals surface area contributed by atoms with Crippen LogP contribution in [0.2, 0.25) is 0 Å². The average molecular weight is 405 g/mol. The van der Waals surface area contributed by atoms with Crippen LogP contribution in [0.25, 0.3) is 10.9 Å². The smallest absolute Gasteiger partial charge is 0.326 e. The second-order valence-electron chi connectivity index (χ2n) is 8.35. The Balaban J connectivity index is 1.55. The lowest BCUT2D eigenvalue weighted by Gasteiger charge is -2.28. The molecule has 2 heterocycles. The fourth-order valence-electron chi connectivity index (χ4n) is 4.34. The van der Waals surface area contributed by atoms with Gasteiger partial charge in [0.15, 0.2) is 0 Å². The highest BCUT2D eigenvalue weighted by atomic mass is 16.2. The van der Waals surface area contributed by atoms with Gasteiger partial charge in [0.05, 0.1) is 0 Å². The zero-order valence-corrected chi connectivity index (χ0v) is 18.0. The van der Waals surface area contributed by atoms with Crippen LogP contribution in [0.4, 0.5) is 16.2 Å². The number of rotatable bonds is 6. The first-order chi connectivity index (χ1) is 14.7. The Labute approximate surface area is 179 Å². The number of fused-ring (bicyclic) bond motifs is 1. The Morgan fingerprint density at radius 3 is 2.67 bits per heavy atom. The molecule has 2 aromatic carbocycles. The van der Waals surface area contributed by atoms with Crippen molar-refractivity contribution in [3.63, 3.8) is 0 Å². The van der Waals surface area contributed by atoms with Crippen molar-refractivity contribution in [1.29, 1.82) is 0 Å². The van der Waals surface area contributed by atoms with Crippen LogP contribution < -0.4 is 10.2 Å². The molecule has 0 atom stereocenters. The van der Waals surface area contributed by atoms with Crippen molar-refractivity contribution >= 4 is 28.3 Å². The van der Waals surface area contributed by atoms with E-state index in [9.17, 15) is 4.79 Å². The third kappa shape index (κ3) is 4.51. The van der Waals surface area contributed by atoms with E-state index >= 15 is 0 Å². The Hall–Kier alpha value is -2.79. The van der Waals surface area contributed by atoms with E-state index in [2.05, 4.69) is 47.5 Å². The van der Waals surface area contributed by atoms with Gasteiger partial charge < -0.3 is 15.2 Å². The molecule has 5 nitrogen and oxygen atoms in total. The lowest BCUT2D eigenvalue weighted by atomic mass is 9.89. The van der Waals surface area contributed by atoms with Gasteiger partial charge in [0.1, 0.15) is 0 Å². The van der Waals surface area contributed by atoms with E-state index in [0.29, 0.717) is 12.5 Å². The van der Waals surface area contributed by atoms with Crippen molar-refractivity contribution in [3.05, 3.63) is 60.3 Å². The number of hydrogen-bond acceptors (Lipinski definition) is 2. The molecule has 5 heteroatoms. The number of H-pyrrole nitrogens is 1. The topological polar surface area (TPSA) is 51.4 Å². The molecule has 1 fully saturated rings. The molecule has 158 valence electrons. The van der Waals surface area contributed by atoms with Gasteiger partial charge in [0.2, 0.25) is 0 Å². The van der Waals surface area contributed by atoms with Crippen molar-refractivity contribution in [2.24, 2.45) is 0 Å². The van der Waals surface area contributed by atoms with Gasteiger partial charge in [-0.15, -0.1) is 0 Å². The van der Waals surface area contributed by atoms with E-state index < -0.39 is 0 Å². The van der Waals surface area contributed by atoms with Gasteiger partial charge in [-0.05, 0) is 81.2 Å². The number of carbonyl (C=O) groups excluding carboxylic acids is 1. The van der Waals surface area contributed by atoms with E-state index in [1.54, 1.807) is 0 Å². The summed E-state index contributed by atoms with van der Waals surface area (Å²) in [7, 11) is 2.19. The van der Waals surface area contributed by atoms with Gasteiger partial charge in [-0.2, -0.15) is 0 Å². The number of piperidine rings is 1. The maximum atomic E-state index is 13.1. The summed E-state index contributed by atoms with van der Waals surface area (Å²) in [5, 5.41) is 4.36. The molecule has 1 aromatic heterocycles. The van der Waals surface area contributed by atoms with Gasteiger partial charge >= 0.3 is 6.03 Å². The van der Waals surface area contributed by atoms with Crippen molar-refractivity contribution in [1.82, 2.24) is 9.88 Å². The Kier molecular flexibility index (Phi) is 6.38. The molecule has 30 heavy (non-hydrogen) atoms. The van der Waals surface area contributed by atoms with Crippen molar-refractivity contribution in [2.75, 3.05) is 36.9 Å². The van der Waals surface area contributed by atoms with E-state index in [1.165, 1.54) is 23.8 Å². The fraction of sp³-hybridized carbons (Fsp3) is 0.400. The van der Waals surface area contributed by atoms with Crippen LogP contribution in [0.3, 0.4) is 0 Å². The number of nitrogens with one attached hydrogen (secondary N) is 2. The van der Waals surface area contributed by atoms with Crippen LogP contribution in [-0.2, 0) is 0 Å². The molecule has 4 rings (SSSR count). The Morgan fingerprint density at radius 2 is 1.93 bits per heavy atom. The second kappa shape index (κ2) is 9.35. The van der Waals surface area contributed by atoms with Crippen LogP contribution in [-0.4, -0.2) is 42.6 Å². The summed E-state index contributed by atoms with van der Waals surface area (Å²) >= 11 is 0. The van der Waals surface area contributed by atoms with Crippen molar-refractivity contribution in [2.45, 2.75) is 38.5 Å². The highest BCUT2D eigenvalue weighted by Crippen LogP contribution is 2.34. The molecule has 1 aliphatic heterocycles. The first-order valence-electron chi connectivity index (χ1n) is 11.1. The number of amides is 2. The molecule has 0 aliphatic carbocycles. The van der Waals surface area contributed by atoms with E-state index in [-0.39, 0.29) is 6.03 Å². The van der Waals surface area contributed by atoms with Crippen LogP contribution in [0.1, 0.15) is 44.1 Å². The summed E-state index contributed by atoms with van der Waals surface area (Å²) < 4.78 is 0. The molecule has 2 N–H and O–H groups in total. The minimum atomic E-state index is -0.0784. The number of hydrogen-bond donors (Lipinski definition) is 2. The SMILES string of the molecule is CCCCN(C(=O)Nc1ccc2[nH]cc(C3CCN(C)CC3)c2c1)c1ccccc1. The highest BCUT2D eigenvalue weighted by Gasteiger charge is 2.21. The number of urea groups is 1. The van der Waals surface area contributed by atoms with Crippen molar-refractivity contribution < 1.29 is 4.79 Å². The maximum absolute atomic E-state index is 13.1. The lowest BCUT2D eigenvalue weighted by Crippen LogP contribution is -2.35. The number of anilines is 2. The minimum absolute atomic E-state index is 0.0784. The van der Waals surface area contributed by atoms with Crippen molar-refractivity contribution in [3.8, 4) is 0 Å². The summed E-state index contributed by atoms with van der Waals surface area (Å²) in [5.41, 5.74) is 4.28. The Morgan fingerprint density at radius 1 is 1.17 bits per heavy atom. The predicted molar refractivity (Wildman–Crippen MR) is 125 cm³/mol. The number of para-hydroxylation sites is 1. The summed E-state index contributed by atoms with van der Waals surface area (Å²) in [4.78, 5) is 20.8. The van der Waals surface area contributed by atoms with Crippen LogP contribution in [0, 0.1) is 0 Å². The molecule has 3 aromatic rings. The third-order valence-corrected chi connectivity index (χ3v) is 6.17. The number of carbonyl (C=O) groups is 1. The van der Waals surface area contributed by atoms with Gasteiger partial charge in [-0.25, -0.2) is 4.79 Å². The van der Waals surface area contributed by atoms with Gasteiger partial charge in [0.25, 0.3) is 0 Å². The summed E-state index contributed by atoms with van der Waals surface area (Å²) in [5.74, 6) is 0.575. The number of benzene rings is 2. The predicted octanol–water partition coefficient (Wildman–Crippen LogP) is 5.82. The molecule has 1 saturated heterocycles. The van der Waals surface area contributed by atoms with Crippen LogP contribution in [0.5, 0.6) is 0 Å². The third-order valence-electron chi connectivity index (χ3n) is 6.17. The first kappa shape index (κ1) is 20.5. The monoisotopic (exact) mass is 404 g/mol. The van der Waals surface area contributed by atoms with Crippen LogP contribution >= 0.6 is 0 Å². The largest absolute Gasteiger partial charge is 0.361 e. The average Bonchev–Trinajstić information content (AvgIpc) is 3.18. The van der Waals surface area contributed by atoms with E-state index in [0.717, 1.165) is 42.8 Å². The lowest BCUT2D eigenvalue weighted by molar-refractivity contribution is 0.256. The summed E-state index contributed by atoms with van der Waals surface area (Å²) in [6, 6.07) is 16.0. The Bertz CT molecular complexity index is 973. The first-order valence-corrected chi connectivity index (χ1v) is 11.1. The number of unbranched alkanes of at least 4 members (excludes halogenated alkanes) is 1. The standard InChI is InChI=1S/C25H32N4O/c1-3-4-14-29(21-8-6-5-7-9-21)25(30)27-20-10-11-24-22(17-20)23(18-26-24)19-12-15-28(2)16-13-19/h5-11,17-19,26H,3-4,12-16H2,1-2H3,(H,27,30). The molecule has 2 amide bonds. The molecule has 0 bridgehead atoms. The van der Waals surface area contributed by atoms with E-state index in [1.807, 2.05) is 41.3 Å². The number of aromatic nitrogens is 1. The number of aromatic amines is 1. The molecule has 1 aliphatic rings. The normalized spacial score (nSPS) is 15.4. The minimum Gasteiger partial charge on any atom is -0.361 e. The molecular formula is C25H32N4O. The maximum Gasteiger partial charge on any atom is 0.326 e. The zero-order valence-electron chi connectivity index (χ0n) is 18.0. The summed E-state index contributed by atoms with van der Waals surface area (Å²) in [6.45, 7) is 5.12. The zero-order chi connectivity index (χ0) is 20.9. The molecule has 0 spiro atoms.